The molecule has 0 aromatic heterocycles. The maximum Gasteiger partial charge on any atom is 0.530 e. The van der Waals surface area contributed by atoms with Gasteiger partial charge in [-0.2, -0.15) is 0 Å². The van der Waals surface area contributed by atoms with Crippen LogP contribution in [0.25, 0.3) is 0 Å². The first-order valence-electron chi connectivity index (χ1n) is 14.1. The summed E-state index contributed by atoms with van der Waals surface area (Å²) < 4.78 is 20.1. The van der Waals surface area contributed by atoms with Gasteiger partial charge in [0.1, 0.15) is 17.2 Å². The van der Waals surface area contributed by atoms with E-state index in [2.05, 4.69) is 107 Å². The SMILES string of the molecule is CC(C)(C)c1cc2c(c(C(C)(C)C)c1)OP(Oc1ccccc1)Oc1c(cc(C(C)(C)C)cc1C(C)(C)C)C2. The normalized spacial score (nSPS) is 14.9. The van der Waals surface area contributed by atoms with E-state index in [-0.39, 0.29) is 21.7 Å². The molecule has 210 valence electrons. The van der Waals surface area contributed by atoms with E-state index >= 15 is 0 Å². The van der Waals surface area contributed by atoms with Crippen molar-refractivity contribution in [3.8, 4) is 17.2 Å². The van der Waals surface area contributed by atoms with Crippen molar-refractivity contribution in [2.24, 2.45) is 0 Å². The molecule has 3 aromatic rings. The Bertz CT molecular complexity index is 1250. The summed E-state index contributed by atoms with van der Waals surface area (Å²) >= 11 is 0. The summed E-state index contributed by atoms with van der Waals surface area (Å²) in [5.41, 5.74) is 7.14. The molecule has 3 nitrogen and oxygen atoms in total. The highest BCUT2D eigenvalue weighted by Gasteiger charge is 2.35. The van der Waals surface area contributed by atoms with Gasteiger partial charge in [-0.3, -0.25) is 0 Å². The van der Waals surface area contributed by atoms with Gasteiger partial charge in [0.2, 0.25) is 0 Å². The number of para-hydroxylation sites is 1. The number of fused-ring (bicyclic) bond motifs is 2. The highest BCUT2D eigenvalue weighted by molar-refractivity contribution is 7.43. The summed E-state index contributed by atoms with van der Waals surface area (Å²) in [4.78, 5) is 0. The Hall–Kier alpha value is -2.51. The quantitative estimate of drug-likeness (QED) is 0.299. The molecule has 39 heavy (non-hydrogen) atoms. The van der Waals surface area contributed by atoms with Crippen molar-refractivity contribution in [2.45, 2.75) is 111 Å². The van der Waals surface area contributed by atoms with Crippen molar-refractivity contribution in [3.63, 3.8) is 0 Å². The molecule has 0 atom stereocenters. The molecule has 1 heterocycles. The van der Waals surface area contributed by atoms with E-state index in [9.17, 15) is 0 Å². The van der Waals surface area contributed by atoms with Crippen LogP contribution >= 0.6 is 8.60 Å². The Kier molecular flexibility index (Phi) is 7.67. The second-order valence-electron chi connectivity index (χ2n) is 15.0. The van der Waals surface area contributed by atoms with Gasteiger partial charge in [-0.15, -0.1) is 0 Å². The zero-order chi connectivity index (χ0) is 29.0. The van der Waals surface area contributed by atoms with E-state index < -0.39 is 8.60 Å². The molecule has 4 heteroatoms. The van der Waals surface area contributed by atoms with E-state index in [1.165, 1.54) is 33.4 Å². The van der Waals surface area contributed by atoms with E-state index in [1.807, 2.05) is 30.3 Å². The average Bonchev–Trinajstić information content (AvgIpc) is 2.77. The van der Waals surface area contributed by atoms with Crippen LogP contribution in [-0.2, 0) is 28.1 Å². The average molecular weight is 547 g/mol. The molecule has 0 aliphatic carbocycles. The van der Waals surface area contributed by atoms with Crippen LogP contribution < -0.4 is 13.6 Å². The Morgan fingerprint density at radius 2 is 0.974 bits per heavy atom. The summed E-state index contributed by atoms with van der Waals surface area (Å²) in [5.74, 6) is 2.52. The van der Waals surface area contributed by atoms with Crippen LogP contribution in [0.15, 0.2) is 54.6 Å². The van der Waals surface area contributed by atoms with Crippen LogP contribution in [0, 0.1) is 0 Å². The molecule has 4 rings (SSSR count). The van der Waals surface area contributed by atoms with Crippen molar-refractivity contribution >= 4 is 8.60 Å². The van der Waals surface area contributed by atoms with Gasteiger partial charge >= 0.3 is 8.60 Å². The maximum atomic E-state index is 6.81. The molecule has 0 unspecified atom stereocenters. The maximum absolute atomic E-state index is 6.81. The van der Waals surface area contributed by atoms with Gasteiger partial charge in [0.25, 0.3) is 0 Å². The minimum Gasteiger partial charge on any atom is -0.409 e. The van der Waals surface area contributed by atoms with Gasteiger partial charge in [-0.05, 0) is 56.0 Å². The molecule has 1 aliphatic heterocycles. The Labute approximate surface area is 238 Å². The van der Waals surface area contributed by atoms with Crippen molar-refractivity contribution in [2.75, 3.05) is 0 Å². The second kappa shape index (κ2) is 10.2. The Balaban J connectivity index is 2.03. The van der Waals surface area contributed by atoms with E-state index in [0.29, 0.717) is 0 Å². The first-order valence-corrected chi connectivity index (χ1v) is 15.2. The van der Waals surface area contributed by atoms with Gasteiger partial charge in [-0.1, -0.05) is 126 Å². The summed E-state index contributed by atoms with van der Waals surface area (Å²) in [7, 11) is -1.77. The molecular formula is C35H47O3P. The van der Waals surface area contributed by atoms with Crippen LogP contribution in [-0.4, -0.2) is 0 Å². The van der Waals surface area contributed by atoms with Gasteiger partial charge in [0.05, 0.1) is 0 Å². The fraction of sp³-hybridized carbons (Fsp3) is 0.486. The molecule has 0 saturated carbocycles. The van der Waals surface area contributed by atoms with Crippen LogP contribution in [0.5, 0.6) is 17.2 Å². The molecule has 3 aromatic carbocycles. The fourth-order valence-corrected chi connectivity index (χ4v) is 5.95. The van der Waals surface area contributed by atoms with Crippen molar-refractivity contribution in [3.05, 3.63) is 88.0 Å². The first-order chi connectivity index (χ1) is 17.8. The zero-order valence-corrected chi connectivity index (χ0v) is 27.0. The predicted molar refractivity (Wildman–Crippen MR) is 166 cm³/mol. The lowest BCUT2D eigenvalue weighted by Crippen LogP contribution is -2.22. The Morgan fingerprint density at radius 3 is 1.33 bits per heavy atom. The van der Waals surface area contributed by atoms with E-state index in [0.717, 1.165) is 23.7 Å². The molecule has 0 radical (unpaired) electrons. The number of hydrogen-bond acceptors (Lipinski definition) is 3. The minimum atomic E-state index is -1.77. The topological polar surface area (TPSA) is 27.7 Å². The van der Waals surface area contributed by atoms with Gasteiger partial charge in [0.15, 0.2) is 0 Å². The van der Waals surface area contributed by atoms with Crippen LogP contribution in [0.2, 0.25) is 0 Å². The Morgan fingerprint density at radius 1 is 0.564 bits per heavy atom. The lowest BCUT2D eigenvalue weighted by Gasteiger charge is -2.34. The lowest BCUT2D eigenvalue weighted by atomic mass is 9.76. The smallest absolute Gasteiger partial charge is 0.409 e. The van der Waals surface area contributed by atoms with Crippen LogP contribution in [0.1, 0.15) is 116 Å². The molecule has 1 aliphatic rings. The number of rotatable bonds is 2. The molecule has 0 fully saturated rings. The molecule has 0 bridgehead atoms. The molecular weight excluding hydrogens is 499 g/mol. The summed E-state index contributed by atoms with van der Waals surface area (Å²) in [6.07, 6.45) is 0.735. The number of benzene rings is 3. The first kappa shape index (κ1) is 29.5. The van der Waals surface area contributed by atoms with Crippen LogP contribution in [0.4, 0.5) is 0 Å². The summed E-state index contributed by atoms with van der Waals surface area (Å²) in [6.45, 7) is 27.2. The molecule has 0 spiro atoms. The van der Waals surface area contributed by atoms with Gasteiger partial charge in [0, 0.05) is 17.5 Å². The highest BCUT2D eigenvalue weighted by Crippen LogP contribution is 2.53. The molecule has 0 N–H and O–H groups in total. The standard InChI is InChI=1S/C35H47O3P/c1-32(2,3)25-19-23-18-24-20-26(33(4,5)6)22-29(35(10,11)12)31(24)38-39(36-27-16-14-13-15-17-27)37-30(23)28(21-25)34(7,8)9/h13-17,19-22H,18H2,1-12H3. The van der Waals surface area contributed by atoms with Crippen molar-refractivity contribution in [1.82, 2.24) is 0 Å². The summed E-state index contributed by atoms with van der Waals surface area (Å²) in [6, 6.07) is 19.2. The van der Waals surface area contributed by atoms with E-state index in [1.54, 1.807) is 0 Å². The monoisotopic (exact) mass is 546 g/mol. The van der Waals surface area contributed by atoms with Crippen molar-refractivity contribution in [1.29, 1.82) is 0 Å². The minimum absolute atomic E-state index is 0.00578. The third-order valence-electron chi connectivity index (χ3n) is 7.32. The van der Waals surface area contributed by atoms with Crippen LogP contribution in [0.3, 0.4) is 0 Å². The molecule has 0 saturated heterocycles. The third kappa shape index (κ3) is 6.63. The highest BCUT2D eigenvalue weighted by atomic mass is 31.2. The van der Waals surface area contributed by atoms with E-state index in [4.69, 9.17) is 13.6 Å². The third-order valence-corrected chi connectivity index (χ3v) is 8.34. The summed E-state index contributed by atoms with van der Waals surface area (Å²) in [5, 5.41) is 0. The fourth-order valence-electron chi connectivity index (χ4n) is 4.81. The van der Waals surface area contributed by atoms with Gasteiger partial charge in [-0.25, -0.2) is 0 Å². The van der Waals surface area contributed by atoms with Gasteiger partial charge < -0.3 is 13.6 Å². The molecule has 0 amide bonds. The largest absolute Gasteiger partial charge is 0.530 e. The zero-order valence-electron chi connectivity index (χ0n) is 26.1. The van der Waals surface area contributed by atoms with Crippen molar-refractivity contribution < 1.29 is 13.6 Å². The lowest BCUT2D eigenvalue weighted by molar-refractivity contribution is 0.369. The predicted octanol–water partition coefficient (Wildman–Crippen LogP) is 10.5. The second-order valence-corrected chi connectivity index (χ2v) is 16.0. The number of hydrogen-bond donors (Lipinski definition) is 0.